The number of amides is 1. The number of hydrogen-bond acceptors (Lipinski definition) is 5. The summed E-state index contributed by atoms with van der Waals surface area (Å²) in [5.41, 5.74) is 0.857. The van der Waals surface area contributed by atoms with Gasteiger partial charge in [0.05, 0.1) is 15.5 Å². The smallest absolute Gasteiger partial charge is 0.264 e. The van der Waals surface area contributed by atoms with Crippen molar-refractivity contribution in [2.24, 2.45) is 0 Å². The molecule has 32 heavy (non-hydrogen) atoms. The predicted octanol–water partition coefficient (Wildman–Crippen LogP) is 3.33. The fourth-order valence-electron chi connectivity index (χ4n) is 2.81. The average molecular weight is 494 g/mol. The van der Waals surface area contributed by atoms with Gasteiger partial charge < -0.3 is 5.32 Å². The molecule has 0 unspecified atom stereocenters. The van der Waals surface area contributed by atoms with Gasteiger partial charge in [-0.2, -0.15) is 0 Å². The molecule has 3 rings (SSSR count). The Kier molecular flexibility index (Phi) is 6.89. The number of benzene rings is 3. The summed E-state index contributed by atoms with van der Waals surface area (Å²) in [6.07, 6.45) is 0. The Morgan fingerprint density at radius 1 is 0.875 bits per heavy atom. The molecule has 2 N–H and O–H groups in total. The Balaban J connectivity index is 1.83. The number of rotatable bonds is 7. The normalized spacial score (nSPS) is 11.7. The molecule has 0 heterocycles. The molecule has 0 aromatic heterocycles. The molecule has 0 spiro atoms. The van der Waals surface area contributed by atoms with Crippen LogP contribution in [0.1, 0.15) is 10.4 Å². The molecule has 1 amide bonds. The molecule has 0 bridgehead atoms. The Morgan fingerprint density at radius 2 is 1.53 bits per heavy atom. The van der Waals surface area contributed by atoms with E-state index in [1.165, 1.54) is 68.7 Å². The molecule has 0 atom stereocenters. The molecule has 11 heteroatoms. The highest BCUT2D eigenvalue weighted by atomic mass is 35.5. The molecule has 168 valence electrons. The van der Waals surface area contributed by atoms with Crippen LogP contribution in [-0.4, -0.2) is 36.8 Å². The first-order valence-corrected chi connectivity index (χ1v) is 12.5. The van der Waals surface area contributed by atoms with Gasteiger partial charge >= 0.3 is 0 Å². The minimum atomic E-state index is -3.94. The van der Waals surface area contributed by atoms with Crippen LogP contribution in [0.3, 0.4) is 0 Å². The van der Waals surface area contributed by atoms with Gasteiger partial charge in [-0.05, 0) is 67.7 Å². The van der Waals surface area contributed by atoms with E-state index in [9.17, 15) is 21.6 Å². The summed E-state index contributed by atoms with van der Waals surface area (Å²) >= 11 is 5.96. The lowest BCUT2D eigenvalue weighted by molar-refractivity contribution is 0.102. The zero-order valence-corrected chi connectivity index (χ0v) is 19.5. The van der Waals surface area contributed by atoms with Gasteiger partial charge in [-0.3, -0.25) is 9.10 Å². The van der Waals surface area contributed by atoms with Crippen LogP contribution in [0, 0.1) is 0 Å². The molecule has 8 nitrogen and oxygen atoms in total. The zero-order valence-electron chi connectivity index (χ0n) is 17.1. The van der Waals surface area contributed by atoms with E-state index in [1.807, 2.05) is 0 Å². The molecule has 3 aromatic carbocycles. The topological polar surface area (TPSA) is 113 Å². The summed E-state index contributed by atoms with van der Waals surface area (Å²) in [5, 5.41) is 3.02. The van der Waals surface area contributed by atoms with Crippen molar-refractivity contribution < 1.29 is 21.6 Å². The first-order valence-electron chi connectivity index (χ1n) is 9.24. The Bertz CT molecular complexity index is 1360. The molecule has 0 radical (unpaired) electrons. The van der Waals surface area contributed by atoms with Gasteiger partial charge in [-0.1, -0.05) is 23.7 Å². The fraction of sp³-hybridized carbons (Fsp3) is 0.0952. The van der Waals surface area contributed by atoms with Crippen LogP contribution in [0.5, 0.6) is 0 Å². The van der Waals surface area contributed by atoms with E-state index < -0.39 is 26.0 Å². The van der Waals surface area contributed by atoms with Crippen molar-refractivity contribution in [1.82, 2.24) is 4.72 Å². The molecule has 0 aliphatic carbocycles. The third-order valence-corrected chi connectivity index (χ3v) is 8.06. The molecular formula is C21H20ClN3O5S2. The third-order valence-electron chi connectivity index (χ3n) is 4.62. The lowest BCUT2D eigenvalue weighted by Gasteiger charge is -2.20. The molecule has 0 aliphatic rings. The number of nitrogens with zero attached hydrogens (tertiary/aromatic N) is 1. The van der Waals surface area contributed by atoms with Gasteiger partial charge in [-0.15, -0.1) is 0 Å². The van der Waals surface area contributed by atoms with E-state index >= 15 is 0 Å². The van der Waals surface area contributed by atoms with E-state index in [0.717, 1.165) is 4.31 Å². The van der Waals surface area contributed by atoms with Crippen molar-refractivity contribution in [3.63, 3.8) is 0 Å². The van der Waals surface area contributed by atoms with Crippen LogP contribution in [0.15, 0.2) is 82.6 Å². The van der Waals surface area contributed by atoms with E-state index in [4.69, 9.17) is 11.6 Å². The minimum Gasteiger partial charge on any atom is -0.322 e. The van der Waals surface area contributed by atoms with Crippen LogP contribution in [0.2, 0.25) is 5.02 Å². The number of hydrogen-bond donors (Lipinski definition) is 2. The van der Waals surface area contributed by atoms with E-state index in [-0.39, 0.29) is 15.4 Å². The van der Waals surface area contributed by atoms with E-state index in [1.54, 1.807) is 18.2 Å². The first-order chi connectivity index (χ1) is 15.0. The van der Waals surface area contributed by atoms with Gasteiger partial charge in [0.15, 0.2) is 0 Å². The summed E-state index contributed by atoms with van der Waals surface area (Å²) < 4.78 is 52.9. The molecule has 0 saturated carbocycles. The summed E-state index contributed by atoms with van der Waals surface area (Å²) in [7, 11) is -4.84. The van der Waals surface area contributed by atoms with E-state index in [0.29, 0.717) is 16.4 Å². The second kappa shape index (κ2) is 9.29. The number of sulfonamides is 2. The van der Waals surface area contributed by atoms with Crippen molar-refractivity contribution >= 4 is 48.9 Å². The van der Waals surface area contributed by atoms with Crippen LogP contribution in [0.4, 0.5) is 11.4 Å². The Labute approximate surface area is 191 Å². The van der Waals surface area contributed by atoms with Crippen LogP contribution in [0.25, 0.3) is 0 Å². The third kappa shape index (κ3) is 5.10. The predicted molar refractivity (Wildman–Crippen MR) is 124 cm³/mol. The maximum atomic E-state index is 13.0. The lowest BCUT2D eigenvalue weighted by Crippen LogP contribution is -2.26. The maximum Gasteiger partial charge on any atom is 0.264 e. The number of nitrogens with one attached hydrogen (secondary N) is 2. The molecule has 0 aliphatic heterocycles. The summed E-state index contributed by atoms with van der Waals surface area (Å²) in [5.74, 6) is -0.545. The van der Waals surface area contributed by atoms with Crippen molar-refractivity contribution in [2.45, 2.75) is 9.79 Å². The Morgan fingerprint density at radius 3 is 2.16 bits per heavy atom. The number of carbonyl (C=O) groups is 1. The van der Waals surface area contributed by atoms with Gasteiger partial charge in [-0.25, -0.2) is 21.6 Å². The Hall–Kier alpha value is -2.92. The largest absolute Gasteiger partial charge is 0.322 e. The quantitative estimate of drug-likeness (QED) is 0.524. The monoisotopic (exact) mass is 493 g/mol. The standard InChI is InChI=1S/C21H20ClN3O5S2/c1-23-31(27,28)19-11-9-17(10-12-19)24-21(26)15-5-3-8-20(13-15)32(29,30)25(2)18-7-4-6-16(22)14-18/h3-14,23H,1-2H3,(H,24,26). The summed E-state index contributed by atoms with van der Waals surface area (Å²) in [6.45, 7) is 0. The highest BCUT2D eigenvalue weighted by Gasteiger charge is 2.23. The highest BCUT2D eigenvalue weighted by Crippen LogP contribution is 2.25. The SMILES string of the molecule is CNS(=O)(=O)c1ccc(NC(=O)c2cccc(S(=O)(=O)N(C)c3cccc(Cl)c3)c2)cc1. The zero-order chi connectivity index (χ0) is 23.5. The van der Waals surface area contributed by atoms with Gasteiger partial charge in [0.2, 0.25) is 10.0 Å². The van der Waals surface area contributed by atoms with Crippen molar-refractivity contribution in [3.8, 4) is 0 Å². The van der Waals surface area contributed by atoms with Crippen molar-refractivity contribution in [2.75, 3.05) is 23.7 Å². The van der Waals surface area contributed by atoms with E-state index in [2.05, 4.69) is 10.0 Å². The highest BCUT2D eigenvalue weighted by molar-refractivity contribution is 7.92. The molecule has 0 saturated heterocycles. The number of halogens is 1. The van der Waals surface area contributed by atoms with Crippen LogP contribution in [-0.2, 0) is 20.0 Å². The van der Waals surface area contributed by atoms with Gasteiger partial charge in [0.25, 0.3) is 15.9 Å². The van der Waals surface area contributed by atoms with Gasteiger partial charge in [0, 0.05) is 23.3 Å². The first kappa shape index (κ1) is 23.7. The second-order valence-corrected chi connectivity index (χ2v) is 11.0. The van der Waals surface area contributed by atoms with Crippen molar-refractivity contribution in [1.29, 1.82) is 0 Å². The molecular weight excluding hydrogens is 474 g/mol. The van der Waals surface area contributed by atoms with Crippen LogP contribution >= 0.6 is 11.6 Å². The maximum absolute atomic E-state index is 13.0. The molecule has 3 aromatic rings. The average Bonchev–Trinajstić information content (AvgIpc) is 2.79. The van der Waals surface area contributed by atoms with Crippen molar-refractivity contribution in [3.05, 3.63) is 83.4 Å². The summed E-state index contributed by atoms with van der Waals surface area (Å²) in [6, 6.07) is 17.6. The number of anilines is 2. The van der Waals surface area contributed by atoms with Crippen LogP contribution < -0.4 is 14.3 Å². The minimum absolute atomic E-state index is 0.0511. The molecule has 0 fully saturated rings. The lowest BCUT2D eigenvalue weighted by atomic mass is 10.2. The second-order valence-electron chi connectivity index (χ2n) is 6.67. The summed E-state index contributed by atoms with van der Waals surface area (Å²) in [4.78, 5) is 12.6. The fourth-order valence-corrected chi connectivity index (χ4v) is 4.95. The van der Waals surface area contributed by atoms with Gasteiger partial charge in [0.1, 0.15) is 0 Å². The number of carbonyl (C=O) groups excluding carboxylic acids is 1.